The molecule has 132 valence electrons. The van der Waals surface area contributed by atoms with E-state index in [0.717, 1.165) is 12.2 Å². The van der Waals surface area contributed by atoms with Gasteiger partial charge in [-0.25, -0.2) is 0 Å². The Balaban J connectivity index is 1.41. The molecule has 27 heavy (non-hydrogen) atoms. The van der Waals surface area contributed by atoms with Crippen molar-refractivity contribution >= 4 is 0 Å². The molecule has 1 fully saturated rings. The van der Waals surface area contributed by atoms with Crippen LogP contribution in [-0.2, 0) is 9.47 Å². The Bertz CT molecular complexity index is 1050. The maximum Gasteiger partial charge on any atom is 0.189 e. The lowest BCUT2D eigenvalue weighted by molar-refractivity contribution is 0.0629. The highest BCUT2D eigenvalue weighted by Gasteiger charge is 2.34. The number of allylic oxidation sites excluding steroid dienone is 6. The van der Waals surface area contributed by atoms with E-state index in [0.29, 0.717) is 12.7 Å². The van der Waals surface area contributed by atoms with Gasteiger partial charge in [-0.15, -0.1) is 0 Å². The number of hydrogen-bond donors (Lipinski definition) is 0. The molecule has 3 aliphatic carbocycles. The molecule has 0 N–H and O–H groups in total. The zero-order valence-electron chi connectivity index (χ0n) is 15.2. The van der Waals surface area contributed by atoms with E-state index in [9.17, 15) is 0 Å². The monoisotopic (exact) mass is 352 g/mol. The molecule has 0 radical (unpaired) electrons. The molecule has 4 aliphatic rings. The maximum absolute atomic E-state index is 5.71. The van der Waals surface area contributed by atoms with E-state index in [1.54, 1.807) is 0 Å². The zero-order valence-corrected chi connectivity index (χ0v) is 15.2. The van der Waals surface area contributed by atoms with Crippen molar-refractivity contribution in [2.45, 2.75) is 25.4 Å². The standard InChI is InChI=1S/C25H20O2/c1-15-10-16-11-24-25(27-14-26-24)13-22(16)21(15)12-23-19-8-4-2-6-17(19)18-7-3-5-9-20(18)23/h2-11,13,23,25H,12,14H2,1H3. The third kappa shape index (κ3) is 2.17. The molecule has 1 atom stereocenters. The molecule has 6 rings (SSSR count). The summed E-state index contributed by atoms with van der Waals surface area (Å²) in [6.45, 7) is 2.58. The van der Waals surface area contributed by atoms with E-state index in [1.165, 1.54) is 44.5 Å². The second-order valence-corrected chi connectivity index (χ2v) is 7.67. The summed E-state index contributed by atoms with van der Waals surface area (Å²) >= 11 is 0. The first-order chi connectivity index (χ1) is 13.3. The van der Waals surface area contributed by atoms with Crippen LogP contribution in [0, 0.1) is 0 Å². The normalized spacial score (nSPS) is 22.4. The van der Waals surface area contributed by atoms with Gasteiger partial charge in [0.25, 0.3) is 0 Å². The van der Waals surface area contributed by atoms with Crippen molar-refractivity contribution < 1.29 is 9.47 Å². The number of ether oxygens (including phenoxy) is 2. The number of rotatable bonds is 2. The van der Waals surface area contributed by atoms with Gasteiger partial charge in [-0.3, -0.25) is 0 Å². The minimum absolute atomic E-state index is 0.0267. The van der Waals surface area contributed by atoms with E-state index in [-0.39, 0.29) is 6.10 Å². The first-order valence-corrected chi connectivity index (χ1v) is 9.58. The second kappa shape index (κ2) is 5.58. The van der Waals surface area contributed by atoms with Gasteiger partial charge in [0.15, 0.2) is 6.79 Å². The predicted molar refractivity (Wildman–Crippen MR) is 106 cm³/mol. The van der Waals surface area contributed by atoms with Crippen LogP contribution in [0.4, 0.5) is 0 Å². The van der Waals surface area contributed by atoms with E-state index >= 15 is 0 Å². The fourth-order valence-electron chi connectivity index (χ4n) is 4.95. The minimum atomic E-state index is -0.0267. The van der Waals surface area contributed by atoms with Crippen LogP contribution in [-0.4, -0.2) is 12.9 Å². The summed E-state index contributed by atoms with van der Waals surface area (Å²) in [5.41, 5.74) is 11.0. The zero-order chi connectivity index (χ0) is 18.0. The number of benzene rings is 2. The van der Waals surface area contributed by atoms with Gasteiger partial charge in [0.1, 0.15) is 11.9 Å². The summed E-state index contributed by atoms with van der Waals surface area (Å²) in [5, 5.41) is 0. The van der Waals surface area contributed by atoms with Crippen molar-refractivity contribution in [2.75, 3.05) is 6.79 Å². The summed E-state index contributed by atoms with van der Waals surface area (Å²) in [7, 11) is 0. The highest BCUT2D eigenvalue weighted by atomic mass is 16.7. The van der Waals surface area contributed by atoms with Crippen LogP contribution in [0.25, 0.3) is 11.1 Å². The Kier molecular flexibility index (Phi) is 3.15. The maximum atomic E-state index is 5.71. The van der Waals surface area contributed by atoms with Crippen LogP contribution in [0.3, 0.4) is 0 Å². The van der Waals surface area contributed by atoms with Crippen LogP contribution in [0.15, 0.2) is 94.8 Å². The molecule has 0 aromatic heterocycles. The average molecular weight is 352 g/mol. The van der Waals surface area contributed by atoms with Gasteiger partial charge in [0.2, 0.25) is 0 Å². The second-order valence-electron chi connectivity index (χ2n) is 7.67. The molecular weight excluding hydrogens is 332 g/mol. The third-order valence-corrected chi connectivity index (χ3v) is 6.22. The van der Waals surface area contributed by atoms with Crippen LogP contribution >= 0.6 is 0 Å². The van der Waals surface area contributed by atoms with E-state index in [4.69, 9.17) is 9.47 Å². The Labute approximate surface area is 159 Å². The molecule has 2 aromatic rings. The molecule has 1 saturated heterocycles. The lowest BCUT2D eigenvalue weighted by Crippen LogP contribution is -2.11. The highest BCUT2D eigenvalue weighted by molar-refractivity contribution is 5.79. The molecule has 0 bridgehead atoms. The van der Waals surface area contributed by atoms with Crippen molar-refractivity contribution in [2.24, 2.45) is 0 Å². The molecule has 1 aliphatic heterocycles. The predicted octanol–water partition coefficient (Wildman–Crippen LogP) is 5.64. The highest BCUT2D eigenvalue weighted by Crippen LogP contribution is 2.50. The van der Waals surface area contributed by atoms with Crippen LogP contribution in [0.1, 0.15) is 30.4 Å². The lowest BCUT2D eigenvalue weighted by atomic mass is 9.85. The smallest absolute Gasteiger partial charge is 0.189 e. The Morgan fingerprint density at radius 3 is 2.37 bits per heavy atom. The van der Waals surface area contributed by atoms with Gasteiger partial charge in [-0.2, -0.15) is 0 Å². The van der Waals surface area contributed by atoms with E-state index in [2.05, 4.69) is 73.7 Å². The minimum Gasteiger partial charge on any atom is -0.469 e. The summed E-state index contributed by atoms with van der Waals surface area (Å²) in [6.07, 6.45) is 7.68. The molecule has 2 nitrogen and oxygen atoms in total. The Morgan fingerprint density at radius 1 is 0.926 bits per heavy atom. The molecule has 2 aromatic carbocycles. The fraction of sp³-hybridized carbons (Fsp3) is 0.200. The molecule has 0 spiro atoms. The van der Waals surface area contributed by atoms with Crippen molar-refractivity contribution in [3.05, 3.63) is 106 Å². The Hall–Kier alpha value is -2.84. The summed E-state index contributed by atoms with van der Waals surface area (Å²) in [4.78, 5) is 0. The van der Waals surface area contributed by atoms with Gasteiger partial charge in [-0.05, 0) is 70.0 Å². The van der Waals surface area contributed by atoms with Gasteiger partial charge < -0.3 is 9.47 Å². The van der Waals surface area contributed by atoms with Gasteiger partial charge >= 0.3 is 0 Å². The van der Waals surface area contributed by atoms with Crippen LogP contribution in [0.5, 0.6) is 0 Å². The number of hydrogen-bond acceptors (Lipinski definition) is 2. The largest absolute Gasteiger partial charge is 0.469 e. The van der Waals surface area contributed by atoms with Crippen molar-refractivity contribution in [1.29, 1.82) is 0 Å². The van der Waals surface area contributed by atoms with Gasteiger partial charge in [0.05, 0.1) is 0 Å². The van der Waals surface area contributed by atoms with Gasteiger partial charge in [0, 0.05) is 5.92 Å². The topological polar surface area (TPSA) is 18.5 Å². The van der Waals surface area contributed by atoms with Crippen LogP contribution in [0.2, 0.25) is 0 Å². The van der Waals surface area contributed by atoms with Crippen molar-refractivity contribution in [3.8, 4) is 11.1 Å². The van der Waals surface area contributed by atoms with E-state index < -0.39 is 0 Å². The third-order valence-electron chi connectivity index (χ3n) is 6.22. The first kappa shape index (κ1) is 15.2. The summed E-state index contributed by atoms with van der Waals surface area (Å²) in [5.74, 6) is 1.35. The molecule has 2 heteroatoms. The molecular formula is C25H20O2. The molecule has 1 heterocycles. The average Bonchev–Trinajstić information content (AvgIpc) is 3.36. The quantitative estimate of drug-likeness (QED) is 0.696. The van der Waals surface area contributed by atoms with Crippen LogP contribution < -0.4 is 0 Å². The molecule has 0 saturated carbocycles. The molecule has 0 amide bonds. The van der Waals surface area contributed by atoms with Crippen molar-refractivity contribution in [3.63, 3.8) is 0 Å². The Morgan fingerprint density at radius 2 is 1.63 bits per heavy atom. The summed E-state index contributed by atoms with van der Waals surface area (Å²) in [6, 6.07) is 17.7. The number of fused-ring (bicyclic) bond motifs is 5. The summed E-state index contributed by atoms with van der Waals surface area (Å²) < 4.78 is 11.3. The first-order valence-electron chi connectivity index (χ1n) is 9.58. The SMILES string of the molecule is CC1=C(CC2c3ccccc3-c3ccccc32)C2=CC3OCOC3=CC2=C1. The molecule has 1 unspecified atom stereocenters. The van der Waals surface area contributed by atoms with E-state index in [1.807, 2.05) is 0 Å². The lowest BCUT2D eigenvalue weighted by Gasteiger charge is -2.20. The van der Waals surface area contributed by atoms with Crippen molar-refractivity contribution in [1.82, 2.24) is 0 Å². The van der Waals surface area contributed by atoms with Gasteiger partial charge in [-0.1, -0.05) is 54.6 Å². The fourth-order valence-corrected chi connectivity index (χ4v) is 4.95.